The molecule has 2 N–H and O–H groups in total. The number of nitrogens with one attached hydrogen (secondary N) is 2. The van der Waals surface area contributed by atoms with E-state index in [1.54, 1.807) is 0 Å². The first-order chi connectivity index (χ1) is 9.33. The summed E-state index contributed by atoms with van der Waals surface area (Å²) >= 11 is 0. The molecule has 0 radical (unpaired) electrons. The Morgan fingerprint density at radius 2 is 2.11 bits per heavy atom. The molecule has 3 heterocycles. The van der Waals surface area contributed by atoms with Crippen LogP contribution in [0.5, 0.6) is 0 Å². The predicted molar refractivity (Wildman–Crippen MR) is 74.8 cm³/mol. The molecule has 2 aliphatic heterocycles. The summed E-state index contributed by atoms with van der Waals surface area (Å²) in [6.45, 7) is 4.25. The second-order valence-electron chi connectivity index (χ2n) is 5.84. The average Bonchev–Trinajstić information content (AvgIpc) is 3.12. The number of aromatic amines is 1. The first-order valence-corrected chi connectivity index (χ1v) is 7.43. The van der Waals surface area contributed by atoms with E-state index in [9.17, 15) is 4.79 Å². The molecule has 0 aromatic carbocycles. The molecule has 19 heavy (non-hydrogen) atoms. The number of rotatable bonds is 3. The highest BCUT2D eigenvalue weighted by molar-refractivity contribution is 5.78. The van der Waals surface area contributed by atoms with Gasteiger partial charge in [0.25, 0.3) is 0 Å². The molecule has 1 unspecified atom stereocenters. The van der Waals surface area contributed by atoms with E-state index >= 15 is 0 Å². The lowest BCUT2D eigenvalue weighted by molar-refractivity contribution is -0.132. The molecule has 2 fully saturated rings. The summed E-state index contributed by atoms with van der Waals surface area (Å²) in [5, 5.41) is 3.45. The maximum absolute atomic E-state index is 12.2. The van der Waals surface area contributed by atoms with Crippen LogP contribution in [0.2, 0.25) is 0 Å². The van der Waals surface area contributed by atoms with E-state index in [2.05, 4.69) is 10.3 Å². The molecule has 104 valence electrons. The fourth-order valence-corrected chi connectivity index (χ4v) is 3.45. The Labute approximate surface area is 114 Å². The standard InChI is InChI=1S/C15H23N3O/c19-15(10-14-2-1-6-17-14)18-8-4-12(5-9-18)13-3-7-16-11-13/h1-2,6,12-13,16-17H,3-5,7-11H2. The Morgan fingerprint density at radius 1 is 1.26 bits per heavy atom. The van der Waals surface area contributed by atoms with E-state index in [0.717, 1.165) is 30.6 Å². The van der Waals surface area contributed by atoms with Crippen LogP contribution < -0.4 is 5.32 Å². The minimum absolute atomic E-state index is 0.269. The van der Waals surface area contributed by atoms with Crippen LogP contribution in [0.15, 0.2) is 18.3 Å². The van der Waals surface area contributed by atoms with Gasteiger partial charge in [0, 0.05) is 25.0 Å². The van der Waals surface area contributed by atoms with Crippen molar-refractivity contribution < 1.29 is 4.79 Å². The lowest BCUT2D eigenvalue weighted by Gasteiger charge is -2.34. The average molecular weight is 261 g/mol. The number of piperidine rings is 1. The van der Waals surface area contributed by atoms with Gasteiger partial charge in [-0.05, 0) is 56.3 Å². The molecule has 0 spiro atoms. The lowest BCUT2D eigenvalue weighted by atomic mass is 9.84. The van der Waals surface area contributed by atoms with Crippen LogP contribution in [0.1, 0.15) is 25.0 Å². The Bertz CT molecular complexity index is 401. The summed E-state index contributed by atoms with van der Waals surface area (Å²) in [4.78, 5) is 17.3. The van der Waals surface area contributed by atoms with Crippen LogP contribution >= 0.6 is 0 Å². The molecule has 1 amide bonds. The largest absolute Gasteiger partial charge is 0.365 e. The van der Waals surface area contributed by atoms with E-state index < -0.39 is 0 Å². The van der Waals surface area contributed by atoms with Gasteiger partial charge < -0.3 is 15.2 Å². The molecule has 1 aromatic rings. The topological polar surface area (TPSA) is 48.1 Å². The van der Waals surface area contributed by atoms with E-state index in [-0.39, 0.29) is 5.91 Å². The molecule has 2 aliphatic rings. The van der Waals surface area contributed by atoms with Gasteiger partial charge in [0.15, 0.2) is 0 Å². The Morgan fingerprint density at radius 3 is 2.74 bits per heavy atom. The molecular formula is C15H23N3O. The van der Waals surface area contributed by atoms with Crippen molar-refractivity contribution in [1.29, 1.82) is 0 Å². The number of amides is 1. The van der Waals surface area contributed by atoms with Crippen molar-refractivity contribution in [3.63, 3.8) is 0 Å². The maximum atomic E-state index is 12.2. The van der Waals surface area contributed by atoms with Gasteiger partial charge in [-0.2, -0.15) is 0 Å². The first-order valence-electron chi connectivity index (χ1n) is 7.43. The monoisotopic (exact) mass is 261 g/mol. The lowest BCUT2D eigenvalue weighted by Crippen LogP contribution is -2.41. The summed E-state index contributed by atoms with van der Waals surface area (Å²) in [7, 11) is 0. The van der Waals surface area contributed by atoms with Crippen LogP contribution in [0, 0.1) is 11.8 Å². The minimum Gasteiger partial charge on any atom is -0.365 e. The second-order valence-corrected chi connectivity index (χ2v) is 5.84. The predicted octanol–water partition coefficient (Wildman–Crippen LogP) is 1.41. The number of carbonyl (C=O) groups excluding carboxylic acids is 1. The van der Waals surface area contributed by atoms with Gasteiger partial charge in [0.05, 0.1) is 6.42 Å². The van der Waals surface area contributed by atoms with E-state index in [4.69, 9.17) is 0 Å². The molecule has 4 heteroatoms. The number of nitrogens with zero attached hydrogens (tertiary/aromatic N) is 1. The summed E-state index contributed by atoms with van der Waals surface area (Å²) in [5.41, 5.74) is 1.02. The number of aromatic nitrogens is 1. The number of H-pyrrole nitrogens is 1. The highest BCUT2D eigenvalue weighted by Crippen LogP contribution is 2.29. The van der Waals surface area contributed by atoms with Gasteiger partial charge >= 0.3 is 0 Å². The number of likely N-dealkylation sites (tertiary alicyclic amines) is 1. The zero-order valence-electron chi connectivity index (χ0n) is 11.4. The van der Waals surface area contributed by atoms with Crippen LogP contribution in [0.4, 0.5) is 0 Å². The fourth-order valence-electron chi connectivity index (χ4n) is 3.45. The van der Waals surface area contributed by atoms with Crippen molar-refractivity contribution in [3.8, 4) is 0 Å². The van der Waals surface area contributed by atoms with Gasteiger partial charge in [0.2, 0.25) is 5.91 Å². The molecule has 0 saturated carbocycles. The van der Waals surface area contributed by atoms with Gasteiger partial charge in [0.1, 0.15) is 0 Å². The number of hydrogen-bond acceptors (Lipinski definition) is 2. The Balaban J connectivity index is 1.48. The molecular weight excluding hydrogens is 238 g/mol. The molecule has 3 rings (SSSR count). The third-order valence-electron chi connectivity index (χ3n) is 4.66. The Kier molecular flexibility index (Phi) is 3.87. The highest BCUT2D eigenvalue weighted by Gasteiger charge is 2.29. The zero-order valence-corrected chi connectivity index (χ0v) is 11.4. The minimum atomic E-state index is 0.269. The molecule has 2 saturated heterocycles. The van der Waals surface area contributed by atoms with Gasteiger partial charge in [-0.3, -0.25) is 4.79 Å². The third kappa shape index (κ3) is 3.00. The smallest absolute Gasteiger partial charge is 0.228 e. The van der Waals surface area contributed by atoms with Crippen molar-refractivity contribution in [3.05, 3.63) is 24.0 Å². The summed E-state index contributed by atoms with van der Waals surface area (Å²) in [6.07, 6.45) is 6.08. The number of hydrogen-bond donors (Lipinski definition) is 2. The van der Waals surface area contributed by atoms with Crippen LogP contribution in [-0.4, -0.2) is 42.0 Å². The molecule has 4 nitrogen and oxygen atoms in total. The van der Waals surface area contributed by atoms with Crippen molar-refractivity contribution >= 4 is 5.91 Å². The molecule has 0 bridgehead atoms. The SMILES string of the molecule is O=C(Cc1ccc[nH]1)N1CCC(C2CCNC2)CC1. The second kappa shape index (κ2) is 5.78. The van der Waals surface area contributed by atoms with Crippen molar-refractivity contribution in [1.82, 2.24) is 15.2 Å². The van der Waals surface area contributed by atoms with Gasteiger partial charge in [-0.1, -0.05) is 0 Å². The van der Waals surface area contributed by atoms with E-state index in [1.165, 1.54) is 32.4 Å². The zero-order chi connectivity index (χ0) is 13.1. The Hall–Kier alpha value is -1.29. The van der Waals surface area contributed by atoms with Gasteiger partial charge in [-0.15, -0.1) is 0 Å². The van der Waals surface area contributed by atoms with E-state index in [1.807, 2.05) is 23.2 Å². The quantitative estimate of drug-likeness (QED) is 0.864. The van der Waals surface area contributed by atoms with Crippen molar-refractivity contribution in [2.24, 2.45) is 11.8 Å². The normalized spacial score (nSPS) is 24.8. The van der Waals surface area contributed by atoms with Crippen LogP contribution in [0.3, 0.4) is 0 Å². The van der Waals surface area contributed by atoms with Crippen molar-refractivity contribution in [2.45, 2.75) is 25.7 Å². The molecule has 1 aromatic heterocycles. The molecule has 0 aliphatic carbocycles. The van der Waals surface area contributed by atoms with Crippen molar-refractivity contribution in [2.75, 3.05) is 26.2 Å². The first kappa shape index (κ1) is 12.7. The van der Waals surface area contributed by atoms with Crippen LogP contribution in [0.25, 0.3) is 0 Å². The summed E-state index contributed by atoms with van der Waals surface area (Å²) < 4.78 is 0. The fraction of sp³-hybridized carbons (Fsp3) is 0.667. The highest BCUT2D eigenvalue weighted by atomic mass is 16.2. The summed E-state index contributed by atoms with van der Waals surface area (Å²) in [6, 6.07) is 3.93. The third-order valence-corrected chi connectivity index (χ3v) is 4.66. The number of carbonyl (C=O) groups is 1. The van der Waals surface area contributed by atoms with Gasteiger partial charge in [-0.25, -0.2) is 0 Å². The molecule has 1 atom stereocenters. The van der Waals surface area contributed by atoms with Crippen LogP contribution in [-0.2, 0) is 11.2 Å². The maximum Gasteiger partial charge on any atom is 0.228 e. The van der Waals surface area contributed by atoms with E-state index in [0.29, 0.717) is 6.42 Å². The summed E-state index contributed by atoms with van der Waals surface area (Å²) in [5.74, 6) is 1.94.